The van der Waals surface area contributed by atoms with Crippen molar-refractivity contribution < 1.29 is 14.6 Å². The molecule has 1 aliphatic heterocycles. The zero-order valence-electron chi connectivity index (χ0n) is 19.2. The van der Waals surface area contributed by atoms with Gasteiger partial charge >= 0.3 is 0 Å². The maximum atomic E-state index is 13.6. The Kier molecular flexibility index (Phi) is 6.12. The quantitative estimate of drug-likeness (QED) is 0.329. The van der Waals surface area contributed by atoms with Crippen molar-refractivity contribution in [1.82, 2.24) is 5.01 Å². The fraction of sp³-hybridized carbons (Fsp3) is 0.185. The van der Waals surface area contributed by atoms with Crippen LogP contribution in [0.4, 0.5) is 11.4 Å². The Morgan fingerprint density at radius 2 is 1.61 bits per heavy atom. The van der Waals surface area contributed by atoms with E-state index in [1.807, 2.05) is 12.1 Å². The van der Waals surface area contributed by atoms with Gasteiger partial charge in [0.2, 0.25) is 0 Å². The van der Waals surface area contributed by atoms with Gasteiger partial charge in [0, 0.05) is 35.7 Å². The van der Waals surface area contributed by atoms with Gasteiger partial charge in [0.1, 0.15) is 0 Å². The SMILES string of the molecule is O=C(c1ccccc1)N1N=C2/C(=C/c3cccc([N+](=O)[O-])c3)CCC[C@@H]2[C@H]1c1cccc([N+](=O)[O-])c1. The van der Waals surface area contributed by atoms with Crippen LogP contribution in [0.3, 0.4) is 0 Å². The molecule has 1 fully saturated rings. The number of amides is 1. The van der Waals surface area contributed by atoms with Gasteiger partial charge < -0.3 is 0 Å². The highest BCUT2D eigenvalue weighted by Crippen LogP contribution is 2.45. The van der Waals surface area contributed by atoms with Crippen LogP contribution in [0.1, 0.15) is 46.8 Å². The second-order valence-electron chi connectivity index (χ2n) is 8.82. The van der Waals surface area contributed by atoms with Gasteiger partial charge in [-0.2, -0.15) is 5.10 Å². The average Bonchev–Trinajstić information content (AvgIpc) is 3.29. The molecule has 9 nitrogen and oxygen atoms in total. The van der Waals surface area contributed by atoms with Crippen LogP contribution >= 0.6 is 0 Å². The van der Waals surface area contributed by atoms with Crippen molar-refractivity contribution in [2.45, 2.75) is 25.3 Å². The summed E-state index contributed by atoms with van der Waals surface area (Å²) in [4.78, 5) is 35.4. The van der Waals surface area contributed by atoms with Crippen LogP contribution in [0.15, 0.2) is 89.5 Å². The highest BCUT2D eigenvalue weighted by molar-refractivity contribution is 6.09. The summed E-state index contributed by atoms with van der Waals surface area (Å²) < 4.78 is 0. The molecule has 1 saturated carbocycles. The Morgan fingerprint density at radius 3 is 2.33 bits per heavy atom. The smallest absolute Gasteiger partial charge is 0.267 e. The lowest BCUT2D eigenvalue weighted by molar-refractivity contribution is -0.385. The highest BCUT2D eigenvalue weighted by Gasteiger charge is 2.44. The minimum Gasteiger partial charge on any atom is -0.267 e. The molecule has 0 radical (unpaired) electrons. The van der Waals surface area contributed by atoms with Gasteiger partial charge in [0.05, 0.1) is 21.6 Å². The molecule has 1 aliphatic carbocycles. The number of carbonyl (C=O) groups excluding carboxylic acids is 1. The molecular formula is C27H22N4O5. The summed E-state index contributed by atoms with van der Waals surface area (Å²) in [6, 6.07) is 21.1. The molecule has 1 amide bonds. The molecule has 1 heterocycles. The fourth-order valence-corrected chi connectivity index (χ4v) is 4.97. The average molecular weight is 482 g/mol. The maximum Gasteiger partial charge on any atom is 0.274 e. The number of fused-ring (bicyclic) bond motifs is 1. The molecule has 0 unspecified atom stereocenters. The zero-order valence-corrected chi connectivity index (χ0v) is 19.2. The molecule has 5 rings (SSSR count). The van der Waals surface area contributed by atoms with Crippen molar-refractivity contribution in [3.63, 3.8) is 0 Å². The van der Waals surface area contributed by atoms with Crippen molar-refractivity contribution in [2.75, 3.05) is 0 Å². The molecule has 180 valence electrons. The second-order valence-corrected chi connectivity index (χ2v) is 8.82. The van der Waals surface area contributed by atoms with Gasteiger partial charge in [-0.1, -0.05) is 42.5 Å². The minimum absolute atomic E-state index is 0.000392. The summed E-state index contributed by atoms with van der Waals surface area (Å²) in [6.07, 6.45) is 4.20. The van der Waals surface area contributed by atoms with Crippen molar-refractivity contribution >= 4 is 29.1 Å². The first-order chi connectivity index (χ1) is 17.4. The normalized spacial score (nSPS) is 20.1. The Bertz CT molecular complexity index is 1420. The lowest BCUT2D eigenvalue weighted by Crippen LogP contribution is -2.32. The van der Waals surface area contributed by atoms with Gasteiger partial charge in [-0.05, 0) is 54.2 Å². The molecule has 0 spiro atoms. The van der Waals surface area contributed by atoms with Crippen LogP contribution in [0.5, 0.6) is 0 Å². The number of hydrazone groups is 1. The summed E-state index contributed by atoms with van der Waals surface area (Å²) in [5.74, 6) is -0.443. The molecule has 3 aromatic rings. The van der Waals surface area contributed by atoms with Crippen LogP contribution in [0, 0.1) is 26.1 Å². The number of nitro benzene ring substituents is 2. The Labute approximate surface area is 206 Å². The van der Waals surface area contributed by atoms with Crippen molar-refractivity contribution in [3.8, 4) is 0 Å². The molecule has 0 N–H and O–H groups in total. The number of hydrogen-bond acceptors (Lipinski definition) is 6. The Hall–Kier alpha value is -4.66. The van der Waals surface area contributed by atoms with E-state index in [2.05, 4.69) is 0 Å². The van der Waals surface area contributed by atoms with E-state index in [0.717, 1.165) is 24.1 Å². The minimum atomic E-state index is -0.499. The number of nitro groups is 2. The topological polar surface area (TPSA) is 119 Å². The Morgan fingerprint density at radius 1 is 0.917 bits per heavy atom. The number of carbonyl (C=O) groups is 1. The van der Waals surface area contributed by atoms with Crippen LogP contribution in [-0.2, 0) is 0 Å². The molecule has 0 bridgehead atoms. The maximum absolute atomic E-state index is 13.6. The lowest BCUT2D eigenvalue weighted by atomic mass is 9.77. The van der Waals surface area contributed by atoms with Gasteiger partial charge in [-0.15, -0.1) is 0 Å². The molecule has 9 heteroatoms. The largest absolute Gasteiger partial charge is 0.274 e. The van der Waals surface area contributed by atoms with Gasteiger partial charge in [-0.3, -0.25) is 25.0 Å². The number of allylic oxidation sites excluding steroid dienone is 1. The van der Waals surface area contributed by atoms with Crippen LogP contribution < -0.4 is 0 Å². The van der Waals surface area contributed by atoms with E-state index in [0.29, 0.717) is 23.1 Å². The van der Waals surface area contributed by atoms with Crippen LogP contribution in [-0.4, -0.2) is 26.5 Å². The van der Waals surface area contributed by atoms with Crippen molar-refractivity contribution in [1.29, 1.82) is 0 Å². The van der Waals surface area contributed by atoms with E-state index in [9.17, 15) is 25.0 Å². The van der Waals surface area contributed by atoms with Crippen molar-refractivity contribution in [3.05, 3.63) is 121 Å². The van der Waals surface area contributed by atoms with E-state index >= 15 is 0 Å². The summed E-state index contributed by atoms with van der Waals surface area (Å²) >= 11 is 0. The standard InChI is InChI=1S/C27H22N4O5/c32-27(19-8-2-1-3-9-19)29-26(21-11-5-13-23(17-21)31(35)36)24-14-6-10-20(25(24)28-29)15-18-7-4-12-22(16-18)30(33)34/h1-5,7-9,11-13,15-17,24,26H,6,10,14H2/b20-15+/t24-,26+/m0/s1. The molecule has 0 aromatic heterocycles. The van der Waals surface area contributed by atoms with E-state index in [1.165, 1.54) is 29.3 Å². The first kappa shape index (κ1) is 23.1. The predicted molar refractivity (Wildman–Crippen MR) is 134 cm³/mol. The van der Waals surface area contributed by atoms with Gasteiger partial charge in [0.25, 0.3) is 17.3 Å². The Balaban J connectivity index is 1.59. The third kappa shape index (κ3) is 4.38. The van der Waals surface area contributed by atoms with Gasteiger partial charge in [0.15, 0.2) is 0 Å². The zero-order chi connectivity index (χ0) is 25.2. The summed E-state index contributed by atoms with van der Waals surface area (Å²) in [7, 11) is 0. The van der Waals surface area contributed by atoms with E-state index in [1.54, 1.807) is 48.5 Å². The lowest BCUT2D eigenvalue weighted by Gasteiger charge is -2.29. The first-order valence-electron chi connectivity index (χ1n) is 11.6. The number of nitrogens with zero attached hydrogens (tertiary/aromatic N) is 4. The van der Waals surface area contributed by atoms with Crippen LogP contribution in [0.25, 0.3) is 6.08 Å². The molecule has 2 aliphatic rings. The fourth-order valence-electron chi connectivity index (χ4n) is 4.97. The number of benzene rings is 3. The predicted octanol–water partition coefficient (Wildman–Crippen LogP) is 5.94. The van der Waals surface area contributed by atoms with Gasteiger partial charge in [-0.25, -0.2) is 5.01 Å². The van der Waals surface area contributed by atoms with E-state index in [-0.39, 0.29) is 23.2 Å². The second kappa shape index (κ2) is 9.53. The van der Waals surface area contributed by atoms with E-state index < -0.39 is 15.9 Å². The van der Waals surface area contributed by atoms with E-state index in [4.69, 9.17) is 5.10 Å². The van der Waals surface area contributed by atoms with Crippen molar-refractivity contribution in [2.24, 2.45) is 11.0 Å². The molecule has 3 aromatic carbocycles. The summed E-state index contributed by atoms with van der Waals surface area (Å²) in [6.45, 7) is 0. The molecular weight excluding hydrogens is 460 g/mol. The number of rotatable bonds is 5. The first-order valence-corrected chi connectivity index (χ1v) is 11.6. The highest BCUT2D eigenvalue weighted by atomic mass is 16.6. The number of non-ortho nitro benzene ring substituents is 2. The molecule has 0 saturated heterocycles. The van der Waals surface area contributed by atoms with Crippen LogP contribution in [0.2, 0.25) is 0 Å². The molecule has 36 heavy (non-hydrogen) atoms. The summed E-state index contributed by atoms with van der Waals surface area (Å²) in [5, 5.41) is 28.9. The third-order valence-corrected chi connectivity index (χ3v) is 6.57. The summed E-state index contributed by atoms with van der Waals surface area (Å²) in [5.41, 5.74) is 3.41. The third-order valence-electron chi connectivity index (χ3n) is 6.57. The monoisotopic (exact) mass is 482 g/mol. The molecule has 2 atom stereocenters. The number of hydrogen-bond donors (Lipinski definition) is 0.